The zero-order chi connectivity index (χ0) is 17.6. The predicted octanol–water partition coefficient (Wildman–Crippen LogP) is 2.01. The van der Waals surface area contributed by atoms with Crippen LogP contribution in [0.15, 0.2) is 4.99 Å². The van der Waals surface area contributed by atoms with Gasteiger partial charge in [0.25, 0.3) is 0 Å². The average Bonchev–Trinajstić information content (AvgIpc) is 3.28. The minimum atomic E-state index is 0.156. The maximum Gasteiger partial charge on any atom is 0.193 e. The van der Waals surface area contributed by atoms with E-state index in [1.165, 1.54) is 15.6 Å². The standard InChI is InChI=1S/C18H30N4O2S/c1-4-14-13(2)25-17(21-14)7-8-20-18(19-3)22-9-11-24-16(12-22)15-6-5-10-23-15/h15-16H,4-12H2,1-3H3,(H,19,20). The molecule has 2 fully saturated rings. The number of ether oxygens (including phenoxy) is 2. The van der Waals surface area contributed by atoms with Crippen molar-refractivity contribution in [1.82, 2.24) is 15.2 Å². The minimum absolute atomic E-state index is 0.156. The number of nitrogens with zero attached hydrogens (tertiary/aromatic N) is 3. The number of aromatic nitrogens is 1. The van der Waals surface area contributed by atoms with Crippen LogP contribution >= 0.6 is 11.3 Å². The van der Waals surface area contributed by atoms with Gasteiger partial charge in [-0.3, -0.25) is 4.99 Å². The SMILES string of the molecule is CCc1nc(CCNC(=NC)N2CCOC(C3CCCO3)C2)sc1C. The van der Waals surface area contributed by atoms with Crippen molar-refractivity contribution in [1.29, 1.82) is 0 Å². The Kier molecular flexibility index (Phi) is 6.67. The molecule has 1 aromatic rings. The van der Waals surface area contributed by atoms with Gasteiger partial charge in [-0.15, -0.1) is 11.3 Å². The molecule has 1 aromatic heterocycles. The molecule has 3 rings (SSSR count). The van der Waals surface area contributed by atoms with Crippen molar-refractivity contribution in [3.05, 3.63) is 15.6 Å². The molecule has 0 aromatic carbocycles. The highest BCUT2D eigenvalue weighted by atomic mass is 32.1. The fourth-order valence-electron chi connectivity index (χ4n) is 3.52. The first kappa shape index (κ1) is 18.6. The van der Waals surface area contributed by atoms with Gasteiger partial charge in [0.1, 0.15) is 6.10 Å². The van der Waals surface area contributed by atoms with E-state index >= 15 is 0 Å². The summed E-state index contributed by atoms with van der Waals surface area (Å²) in [6.45, 7) is 8.49. The van der Waals surface area contributed by atoms with Crippen molar-refractivity contribution in [2.45, 2.75) is 51.7 Å². The second-order valence-electron chi connectivity index (χ2n) is 6.59. The van der Waals surface area contributed by atoms with Gasteiger partial charge < -0.3 is 19.7 Å². The topological polar surface area (TPSA) is 59.0 Å². The van der Waals surface area contributed by atoms with Crippen LogP contribution in [-0.4, -0.2) is 67.9 Å². The van der Waals surface area contributed by atoms with Gasteiger partial charge in [0.05, 0.1) is 23.4 Å². The summed E-state index contributed by atoms with van der Waals surface area (Å²) < 4.78 is 11.7. The van der Waals surface area contributed by atoms with E-state index in [0.29, 0.717) is 0 Å². The van der Waals surface area contributed by atoms with Crippen LogP contribution in [0.1, 0.15) is 35.3 Å². The zero-order valence-electron chi connectivity index (χ0n) is 15.6. The third-order valence-corrected chi connectivity index (χ3v) is 5.95. The number of aliphatic imine (C=N–C) groups is 1. The maximum absolute atomic E-state index is 5.93. The molecule has 2 aliphatic rings. The average molecular weight is 367 g/mol. The van der Waals surface area contributed by atoms with Crippen LogP contribution in [0.25, 0.3) is 0 Å². The highest BCUT2D eigenvalue weighted by molar-refractivity contribution is 7.11. The van der Waals surface area contributed by atoms with Crippen molar-refractivity contribution in [3.8, 4) is 0 Å². The molecule has 1 N–H and O–H groups in total. The van der Waals surface area contributed by atoms with Gasteiger partial charge in [0.2, 0.25) is 0 Å². The lowest BCUT2D eigenvalue weighted by Crippen LogP contribution is -2.53. The normalized spacial score (nSPS) is 24.8. The van der Waals surface area contributed by atoms with E-state index in [4.69, 9.17) is 14.5 Å². The molecule has 0 spiro atoms. The van der Waals surface area contributed by atoms with Crippen LogP contribution in [0.4, 0.5) is 0 Å². The van der Waals surface area contributed by atoms with Crippen molar-refractivity contribution < 1.29 is 9.47 Å². The summed E-state index contributed by atoms with van der Waals surface area (Å²) in [6.07, 6.45) is 4.59. The number of aryl methyl sites for hydroxylation is 2. The Morgan fingerprint density at radius 3 is 2.88 bits per heavy atom. The molecular formula is C18H30N4O2S. The van der Waals surface area contributed by atoms with Gasteiger partial charge in [-0.05, 0) is 26.2 Å². The summed E-state index contributed by atoms with van der Waals surface area (Å²) >= 11 is 1.81. The molecule has 140 valence electrons. The molecule has 0 radical (unpaired) electrons. The predicted molar refractivity (Wildman–Crippen MR) is 102 cm³/mol. The Bertz CT molecular complexity index is 584. The van der Waals surface area contributed by atoms with E-state index in [-0.39, 0.29) is 12.2 Å². The van der Waals surface area contributed by atoms with E-state index in [0.717, 1.165) is 64.5 Å². The first-order chi connectivity index (χ1) is 12.2. The molecule has 2 saturated heterocycles. The van der Waals surface area contributed by atoms with Crippen molar-refractivity contribution in [3.63, 3.8) is 0 Å². The van der Waals surface area contributed by atoms with E-state index < -0.39 is 0 Å². The first-order valence-corrected chi connectivity index (χ1v) is 10.2. The number of rotatable bonds is 5. The lowest BCUT2D eigenvalue weighted by molar-refractivity contribution is -0.0816. The monoisotopic (exact) mass is 366 g/mol. The maximum atomic E-state index is 5.93. The largest absolute Gasteiger partial charge is 0.375 e. The fraction of sp³-hybridized carbons (Fsp3) is 0.778. The summed E-state index contributed by atoms with van der Waals surface area (Å²) in [5.74, 6) is 0.954. The quantitative estimate of drug-likeness (QED) is 0.638. The number of hydrogen-bond acceptors (Lipinski definition) is 5. The molecule has 2 unspecified atom stereocenters. The number of morpholine rings is 1. The van der Waals surface area contributed by atoms with Gasteiger partial charge in [0, 0.05) is 44.6 Å². The third-order valence-electron chi connectivity index (χ3n) is 4.88. The number of thiazole rings is 1. The Balaban J connectivity index is 1.49. The summed E-state index contributed by atoms with van der Waals surface area (Å²) in [7, 11) is 1.85. The third kappa shape index (κ3) is 4.71. The first-order valence-electron chi connectivity index (χ1n) is 9.35. The summed E-state index contributed by atoms with van der Waals surface area (Å²) in [5.41, 5.74) is 1.23. The van der Waals surface area contributed by atoms with Crippen LogP contribution in [0.3, 0.4) is 0 Å². The molecule has 2 aliphatic heterocycles. The smallest absolute Gasteiger partial charge is 0.193 e. The zero-order valence-corrected chi connectivity index (χ0v) is 16.4. The molecule has 25 heavy (non-hydrogen) atoms. The minimum Gasteiger partial charge on any atom is -0.375 e. The van der Waals surface area contributed by atoms with Crippen LogP contribution in [-0.2, 0) is 22.3 Å². The van der Waals surface area contributed by atoms with E-state index in [2.05, 4.69) is 29.1 Å². The molecule has 0 amide bonds. The molecule has 0 saturated carbocycles. The van der Waals surface area contributed by atoms with Gasteiger partial charge in [-0.25, -0.2) is 4.98 Å². The molecule has 6 nitrogen and oxygen atoms in total. The molecule has 0 bridgehead atoms. The number of guanidine groups is 1. The fourth-order valence-corrected chi connectivity index (χ4v) is 4.55. The molecule has 3 heterocycles. The van der Waals surface area contributed by atoms with Gasteiger partial charge in [-0.1, -0.05) is 6.92 Å². The van der Waals surface area contributed by atoms with Gasteiger partial charge in [0.15, 0.2) is 5.96 Å². The summed E-state index contributed by atoms with van der Waals surface area (Å²) in [5, 5.41) is 4.70. The Morgan fingerprint density at radius 2 is 2.20 bits per heavy atom. The summed E-state index contributed by atoms with van der Waals surface area (Å²) in [4.78, 5) is 12.8. The Morgan fingerprint density at radius 1 is 1.36 bits per heavy atom. The Hall–Kier alpha value is -1.18. The van der Waals surface area contributed by atoms with Crippen LogP contribution in [0.2, 0.25) is 0 Å². The lowest BCUT2D eigenvalue weighted by atomic mass is 10.1. The number of nitrogens with one attached hydrogen (secondary N) is 1. The molecular weight excluding hydrogens is 336 g/mol. The van der Waals surface area contributed by atoms with Crippen molar-refractivity contribution in [2.24, 2.45) is 4.99 Å². The van der Waals surface area contributed by atoms with Gasteiger partial charge >= 0.3 is 0 Å². The molecule has 2 atom stereocenters. The van der Waals surface area contributed by atoms with Crippen molar-refractivity contribution >= 4 is 17.3 Å². The van der Waals surface area contributed by atoms with Crippen LogP contribution in [0, 0.1) is 6.92 Å². The molecule has 7 heteroatoms. The van der Waals surface area contributed by atoms with Gasteiger partial charge in [-0.2, -0.15) is 0 Å². The second-order valence-corrected chi connectivity index (χ2v) is 7.88. The highest BCUT2D eigenvalue weighted by Crippen LogP contribution is 2.21. The summed E-state index contributed by atoms with van der Waals surface area (Å²) in [6, 6.07) is 0. The Labute approximate surface area is 154 Å². The number of hydrogen-bond donors (Lipinski definition) is 1. The van der Waals surface area contributed by atoms with E-state index in [1.807, 2.05) is 18.4 Å². The van der Waals surface area contributed by atoms with Crippen LogP contribution in [0.5, 0.6) is 0 Å². The van der Waals surface area contributed by atoms with E-state index in [1.54, 1.807) is 0 Å². The van der Waals surface area contributed by atoms with Crippen LogP contribution < -0.4 is 5.32 Å². The van der Waals surface area contributed by atoms with Crippen molar-refractivity contribution in [2.75, 3.05) is 39.9 Å². The second kappa shape index (κ2) is 8.96. The highest BCUT2D eigenvalue weighted by Gasteiger charge is 2.32. The molecule has 0 aliphatic carbocycles. The lowest BCUT2D eigenvalue weighted by Gasteiger charge is -2.37. The van der Waals surface area contributed by atoms with E-state index in [9.17, 15) is 0 Å².